The number of nitrogens with zero attached hydrogens (tertiary/aromatic N) is 1. The summed E-state index contributed by atoms with van der Waals surface area (Å²) in [7, 11) is 0. The van der Waals surface area contributed by atoms with E-state index in [1.54, 1.807) is 0 Å². The summed E-state index contributed by atoms with van der Waals surface area (Å²) in [6.07, 6.45) is 5.66. The Balaban J connectivity index is 1.97. The number of likely N-dealkylation sites (tertiary alicyclic amines) is 1. The molecular formula is C15H30N2. The Labute approximate surface area is 107 Å². The molecule has 100 valence electrons. The van der Waals surface area contributed by atoms with Gasteiger partial charge < -0.3 is 5.32 Å². The molecule has 0 aromatic carbocycles. The first-order valence-electron chi connectivity index (χ1n) is 7.64. The molecule has 17 heavy (non-hydrogen) atoms. The fourth-order valence-corrected chi connectivity index (χ4v) is 4.03. The standard InChI is InChI=1S/C15H30N2/c1-5-16-14-9-10-17(13(4)12(14)3)15-8-6-7-11(15)2/h11-16H,5-10H2,1-4H3. The van der Waals surface area contributed by atoms with Gasteiger partial charge in [0, 0.05) is 24.7 Å². The normalized spacial score (nSPS) is 44.1. The lowest BCUT2D eigenvalue weighted by atomic mass is 9.85. The van der Waals surface area contributed by atoms with Crippen LogP contribution in [0.4, 0.5) is 0 Å². The minimum absolute atomic E-state index is 0.739. The zero-order valence-electron chi connectivity index (χ0n) is 12.1. The Kier molecular flexibility index (Phi) is 4.48. The summed E-state index contributed by atoms with van der Waals surface area (Å²) < 4.78 is 0. The molecule has 0 aromatic rings. The quantitative estimate of drug-likeness (QED) is 0.813. The third-order valence-electron chi connectivity index (χ3n) is 5.33. The summed E-state index contributed by atoms with van der Waals surface area (Å²) in [5.74, 6) is 1.71. The molecule has 1 aliphatic carbocycles. The van der Waals surface area contributed by atoms with E-state index in [1.165, 1.54) is 32.2 Å². The molecule has 5 unspecified atom stereocenters. The van der Waals surface area contributed by atoms with Crippen LogP contribution in [0.1, 0.15) is 53.4 Å². The molecule has 1 N–H and O–H groups in total. The summed E-state index contributed by atoms with van der Waals surface area (Å²) in [5.41, 5.74) is 0. The highest BCUT2D eigenvalue weighted by molar-refractivity contribution is 4.94. The molecule has 2 heteroatoms. The summed E-state index contributed by atoms with van der Waals surface area (Å²) in [6, 6.07) is 2.36. The van der Waals surface area contributed by atoms with E-state index < -0.39 is 0 Å². The Morgan fingerprint density at radius 2 is 1.88 bits per heavy atom. The molecule has 2 nitrogen and oxygen atoms in total. The van der Waals surface area contributed by atoms with Gasteiger partial charge in [-0.15, -0.1) is 0 Å². The van der Waals surface area contributed by atoms with Crippen LogP contribution < -0.4 is 5.32 Å². The van der Waals surface area contributed by atoms with Crippen LogP contribution in [-0.4, -0.2) is 36.1 Å². The minimum atomic E-state index is 0.739. The van der Waals surface area contributed by atoms with E-state index in [9.17, 15) is 0 Å². The maximum absolute atomic E-state index is 3.66. The Bertz CT molecular complexity index is 241. The van der Waals surface area contributed by atoms with Crippen LogP contribution in [0.3, 0.4) is 0 Å². The highest BCUT2D eigenvalue weighted by Crippen LogP contribution is 2.35. The van der Waals surface area contributed by atoms with E-state index in [4.69, 9.17) is 0 Å². The molecule has 1 heterocycles. The molecule has 2 aliphatic rings. The fraction of sp³-hybridized carbons (Fsp3) is 1.00. The van der Waals surface area contributed by atoms with Crippen molar-refractivity contribution in [3.05, 3.63) is 0 Å². The third kappa shape index (κ3) is 2.68. The lowest BCUT2D eigenvalue weighted by Gasteiger charge is -2.47. The van der Waals surface area contributed by atoms with Gasteiger partial charge in [-0.1, -0.05) is 27.2 Å². The largest absolute Gasteiger partial charge is 0.314 e. The predicted octanol–water partition coefficient (Wildman–Crippen LogP) is 2.88. The second kappa shape index (κ2) is 5.71. The van der Waals surface area contributed by atoms with E-state index in [0.717, 1.165) is 36.5 Å². The first kappa shape index (κ1) is 13.4. The summed E-state index contributed by atoms with van der Waals surface area (Å²) in [4.78, 5) is 2.82. The van der Waals surface area contributed by atoms with Gasteiger partial charge in [0.2, 0.25) is 0 Å². The maximum Gasteiger partial charge on any atom is 0.0124 e. The first-order valence-corrected chi connectivity index (χ1v) is 7.64. The second-order valence-corrected chi connectivity index (χ2v) is 6.27. The van der Waals surface area contributed by atoms with Crippen molar-refractivity contribution >= 4 is 0 Å². The Morgan fingerprint density at radius 3 is 2.47 bits per heavy atom. The zero-order chi connectivity index (χ0) is 12.4. The summed E-state index contributed by atoms with van der Waals surface area (Å²) in [6.45, 7) is 12.0. The zero-order valence-corrected chi connectivity index (χ0v) is 12.1. The van der Waals surface area contributed by atoms with Gasteiger partial charge in [-0.3, -0.25) is 4.90 Å². The maximum atomic E-state index is 3.66. The Hall–Kier alpha value is -0.0800. The van der Waals surface area contributed by atoms with E-state index in [0.29, 0.717) is 0 Å². The monoisotopic (exact) mass is 238 g/mol. The van der Waals surface area contributed by atoms with Crippen molar-refractivity contribution < 1.29 is 0 Å². The lowest BCUT2D eigenvalue weighted by molar-refractivity contribution is 0.0351. The van der Waals surface area contributed by atoms with Crippen LogP contribution in [0.5, 0.6) is 0 Å². The van der Waals surface area contributed by atoms with Crippen LogP contribution >= 0.6 is 0 Å². The highest BCUT2D eigenvalue weighted by atomic mass is 15.2. The number of hydrogen-bond donors (Lipinski definition) is 1. The fourth-order valence-electron chi connectivity index (χ4n) is 4.03. The molecule has 1 saturated carbocycles. The second-order valence-electron chi connectivity index (χ2n) is 6.27. The van der Waals surface area contributed by atoms with Crippen molar-refractivity contribution in [2.24, 2.45) is 11.8 Å². The number of piperidine rings is 1. The molecule has 0 bridgehead atoms. The molecular weight excluding hydrogens is 208 g/mol. The molecule has 0 amide bonds. The van der Waals surface area contributed by atoms with Crippen molar-refractivity contribution in [1.29, 1.82) is 0 Å². The topological polar surface area (TPSA) is 15.3 Å². The van der Waals surface area contributed by atoms with Gasteiger partial charge in [0.1, 0.15) is 0 Å². The van der Waals surface area contributed by atoms with Gasteiger partial charge in [-0.05, 0) is 44.6 Å². The van der Waals surface area contributed by atoms with Crippen LogP contribution in [0.15, 0.2) is 0 Å². The third-order valence-corrected chi connectivity index (χ3v) is 5.33. The molecule has 2 rings (SSSR count). The van der Waals surface area contributed by atoms with E-state index in [2.05, 4.69) is 37.9 Å². The van der Waals surface area contributed by atoms with E-state index >= 15 is 0 Å². The molecule has 5 atom stereocenters. The first-order chi connectivity index (χ1) is 8.15. The van der Waals surface area contributed by atoms with Crippen LogP contribution in [0, 0.1) is 11.8 Å². The SMILES string of the molecule is CCNC1CCN(C2CCCC2C)C(C)C1C. The van der Waals surface area contributed by atoms with Gasteiger partial charge in [0.25, 0.3) is 0 Å². The van der Waals surface area contributed by atoms with Gasteiger partial charge in [-0.2, -0.15) is 0 Å². The minimum Gasteiger partial charge on any atom is -0.314 e. The molecule has 0 aromatic heterocycles. The van der Waals surface area contributed by atoms with Crippen molar-refractivity contribution in [3.8, 4) is 0 Å². The predicted molar refractivity (Wildman–Crippen MR) is 74.2 cm³/mol. The lowest BCUT2D eigenvalue weighted by Crippen LogP contribution is -2.56. The molecule has 1 saturated heterocycles. The van der Waals surface area contributed by atoms with E-state index in [-0.39, 0.29) is 0 Å². The highest BCUT2D eigenvalue weighted by Gasteiger charge is 2.38. The molecule has 1 aliphatic heterocycles. The number of hydrogen-bond acceptors (Lipinski definition) is 2. The van der Waals surface area contributed by atoms with Crippen LogP contribution in [-0.2, 0) is 0 Å². The molecule has 2 fully saturated rings. The Morgan fingerprint density at radius 1 is 1.12 bits per heavy atom. The smallest absolute Gasteiger partial charge is 0.0124 e. The van der Waals surface area contributed by atoms with Crippen LogP contribution in [0.25, 0.3) is 0 Å². The van der Waals surface area contributed by atoms with Gasteiger partial charge in [0.05, 0.1) is 0 Å². The van der Waals surface area contributed by atoms with Crippen LogP contribution in [0.2, 0.25) is 0 Å². The number of rotatable bonds is 3. The van der Waals surface area contributed by atoms with Crippen molar-refractivity contribution in [2.75, 3.05) is 13.1 Å². The van der Waals surface area contributed by atoms with Gasteiger partial charge in [0.15, 0.2) is 0 Å². The summed E-state index contributed by atoms with van der Waals surface area (Å²) >= 11 is 0. The molecule has 0 spiro atoms. The summed E-state index contributed by atoms with van der Waals surface area (Å²) in [5, 5.41) is 3.66. The van der Waals surface area contributed by atoms with Crippen molar-refractivity contribution in [2.45, 2.75) is 71.5 Å². The average Bonchev–Trinajstić information content (AvgIpc) is 2.72. The van der Waals surface area contributed by atoms with E-state index in [1.807, 2.05) is 0 Å². The van der Waals surface area contributed by atoms with Gasteiger partial charge in [-0.25, -0.2) is 0 Å². The average molecular weight is 238 g/mol. The molecule has 0 radical (unpaired) electrons. The van der Waals surface area contributed by atoms with Crippen molar-refractivity contribution in [3.63, 3.8) is 0 Å². The number of nitrogens with one attached hydrogen (secondary N) is 1. The van der Waals surface area contributed by atoms with Crippen molar-refractivity contribution in [1.82, 2.24) is 10.2 Å². The van der Waals surface area contributed by atoms with Gasteiger partial charge >= 0.3 is 0 Å².